The minimum atomic E-state index is -0.231. The Balaban J connectivity index is 2.51. The minimum Gasteiger partial charge on any atom is -0.492 e. The zero-order chi connectivity index (χ0) is 13.0. The maximum absolute atomic E-state index is 11.2. The number of hydrogen-bond acceptors (Lipinski definition) is 3. The first-order valence-electron chi connectivity index (χ1n) is 6.00. The summed E-state index contributed by atoms with van der Waals surface area (Å²) < 4.78 is 5.96. The highest BCUT2D eigenvalue weighted by Crippen LogP contribution is 2.49. The number of rotatable bonds is 1. The van der Waals surface area contributed by atoms with Gasteiger partial charge in [-0.05, 0) is 39.7 Å². The SMILES string of the molecule is CC1=C2OC(C)(C)CC2C(C)C([N+](=O)[O-])=C1C. The zero-order valence-electron chi connectivity index (χ0n) is 11.0. The molecule has 0 aromatic heterocycles. The number of nitro groups is 1. The molecule has 0 bridgehead atoms. The molecule has 2 unspecified atom stereocenters. The summed E-state index contributed by atoms with van der Waals surface area (Å²) in [7, 11) is 0. The van der Waals surface area contributed by atoms with Gasteiger partial charge in [-0.3, -0.25) is 10.1 Å². The third-order valence-electron chi connectivity index (χ3n) is 3.98. The molecule has 17 heavy (non-hydrogen) atoms. The molecule has 1 aliphatic heterocycles. The van der Waals surface area contributed by atoms with E-state index in [0.29, 0.717) is 5.70 Å². The number of nitrogens with zero attached hydrogens (tertiary/aromatic N) is 1. The van der Waals surface area contributed by atoms with Crippen molar-refractivity contribution in [2.45, 2.75) is 46.6 Å². The van der Waals surface area contributed by atoms with Gasteiger partial charge >= 0.3 is 0 Å². The summed E-state index contributed by atoms with van der Waals surface area (Å²) in [5.41, 5.74) is 1.87. The van der Waals surface area contributed by atoms with Crippen molar-refractivity contribution in [2.24, 2.45) is 11.8 Å². The molecule has 2 rings (SSSR count). The van der Waals surface area contributed by atoms with E-state index in [9.17, 15) is 10.1 Å². The molecule has 1 fully saturated rings. The highest BCUT2D eigenvalue weighted by Gasteiger charge is 2.47. The van der Waals surface area contributed by atoms with Crippen LogP contribution in [0.1, 0.15) is 41.0 Å². The van der Waals surface area contributed by atoms with Gasteiger partial charge in [0.25, 0.3) is 5.70 Å². The van der Waals surface area contributed by atoms with Crippen molar-refractivity contribution in [1.82, 2.24) is 0 Å². The van der Waals surface area contributed by atoms with Gasteiger partial charge in [0, 0.05) is 11.5 Å². The summed E-state index contributed by atoms with van der Waals surface area (Å²) in [6.07, 6.45) is 0.853. The van der Waals surface area contributed by atoms with Crippen molar-refractivity contribution in [3.05, 3.63) is 32.7 Å². The van der Waals surface area contributed by atoms with Gasteiger partial charge in [0.2, 0.25) is 0 Å². The molecule has 0 aromatic rings. The van der Waals surface area contributed by atoms with E-state index in [-0.39, 0.29) is 22.4 Å². The van der Waals surface area contributed by atoms with E-state index in [0.717, 1.165) is 23.3 Å². The fraction of sp³-hybridized carbons (Fsp3) is 0.692. The van der Waals surface area contributed by atoms with Gasteiger partial charge in [0.1, 0.15) is 11.4 Å². The van der Waals surface area contributed by atoms with Crippen molar-refractivity contribution < 1.29 is 9.66 Å². The van der Waals surface area contributed by atoms with Crippen LogP contribution in [-0.2, 0) is 4.74 Å². The van der Waals surface area contributed by atoms with Gasteiger partial charge in [0.05, 0.1) is 10.8 Å². The first-order valence-corrected chi connectivity index (χ1v) is 6.00. The highest BCUT2D eigenvalue weighted by atomic mass is 16.6. The normalized spacial score (nSPS) is 31.4. The molecule has 0 N–H and O–H groups in total. The van der Waals surface area contributed by atoms with Crippen LogP contribution in [-0.4, -0.2) is 10.5 Å². The van der Waals surface area contributed by atoms with Crippen molar-refractivity contribution >= 4 is 0 Å². The summed E-state index contributed by atoms with van der Waals surface area (Å²) in [6.45, 7) is 9.76. The summed E-state index contributed by atoms with van der Waals surface area (Å²) >= 11 is 0. The Labute approximate surface area is 101 Å². The maximum atomic E-state index is 11.2. The largest absolute Gasteiger partial charge is 0.492 e. The molecule has 0 amide bonds. The van der Waals surface area contributed by atoms with Gasteiger partial charge in [-0.1, -0.05) is 6.92 Å². The van der Waals surface area contributed by atoms with Crippen LogP contribution in [0.2, 0.25) is 0 Å². The lowest BCUT2D eigenvalue weighted by Crippen LogP contribution is -2.24. The monoisotopic (exact) mass is 237 g/mol. The lowest BCUT2D eigenvalue weighted by Gasteiger charge is -2.24. The Morgan fingerprint density at radius 2 is 1.94 bits per heavy atom. The summed E-state index contributed by atoms with van der Waals surface area (Å²) in [5.74, 6) is 1.06. The first-order chi connectivity index (χ1) is 7.74. The van der Waals surface area contributed by atoms with E-state index < -0.39 is 0 Å². The van der Waals surface area contributed by atoms with Crippen LogP contribution in [0.5, 0.6) is 0 Å². The third kappa shape index (κ3) is 1.75. The predicted molar refractivity (Wildman–Crippen MR) is 64.8 cm³/mol. The number of fused-ring (bicyclic) bond motifs is 1. The number of allylic oxidation sites excluding steroid dienone is 4. The van der Waals surface area contributed by atoms with E-state index in [1.165, 1.54) is 0 Å². The molecule has 2 aliphatic rings. The highest BCUT2D eigenvalue weighted by molar-refractivity contribution is 5.40. The quantitative estimate of drug-likeness (QED) is 0.519. The second-order valence-electron chi connectivity index (χ2n) is 5.72. The zero-order valence-corrected chi connectivity index (χ0v) is 11.0. The fourth-order valence-electron chi connectivity index (χ4n) is 3.01. The lowest BCUT2D eigenvalue weighted by molar-refractivity contribution is -0.436. The summed E-state index contributed by atoms with van der Waals surface area (Å²) in [6, 6.07) is 0. The third-order valence-corrected chi connectivity index (χ3v) is 3.98. The average Bonchev–Trinajstić information content (AvgIpc) is 2.51. The van der Waals surface area contributed by atoms with Crippen LogP contribution in [0.25, 0.3) is 0 Å². The molecule has 4 heteroatoms. The van der Waals surface area contributed by atoms with Gasteiger partial charge in [-0.15, -0.1) is 0 Å². The molecule has 1 heterocycles. The molecule has 1 aliphatic carbocycles. The van der Waals surface area contributed by atoms with Crippen LogP contribution in [0.3, 0.4) is 0 Å². The average molecular weight is 237 g/mol. The van der Waals surface area contributed by atoms with Crippen LogP contribution < -0.4 is 0 Å². The Bertz CT molecular complexity index is 446. The molecule has 0 saturated carbocycles. The molecule has 2 atom stereocenters. The van der Waals surface area contributed by atoms with Gasteiger partial charge in [-0.2, -0.15) is 0 Å². The van der Waals surface area contributed by atoms with Crippen molar-refractivity contribution in [3.63, 3.8) is 0 Å². The Morgan fingerprint density at radius 3 is 2.47 bits per heavy atom. The molecule has 0 radical (unpaired) electrons. The molecule has 4 nitrogen and oxygen atoms in total. The Hall–Kier alpha value is -1.32. The van der Waals surface area contributed by atoms with Crippen LogP contribution >= 0.6 is 0 Å². The van der Waals surface area contributed by atoms with E-state index in [1.807, 2.05) is 34.6 Å². The van der Waals surface area contributed by atoms with E-state index in [1.54, 1.807) is 0 Å². The summed E-state index contributed by atoms with van der Waals surface area (Å²) in [4.78, 5) is 10.9. The lowest BCUT2D eigenvalue weighted by atomic mass is 9.77. The van der Waals surface area contributed by atoms with Gasteiger partial charge < -0.3 is 4.74 Å². The summed E-state index contributed by atoms with van der Waals surface area (Å²) in [5, 5.41) is 11.2. The molecule has 1 saturated heterocycles. The van der Waals surface area contributed by atoms with E-state index >= 15 is 0 Å². The standard InChI is InChI=1S/C13H19NO3/c1-7-8(2)12-10(6-13(4,5)17-12)9(3)11(7)14(15)16/h9-10H,6H2,1-5H3. The van der Waals surface area contributed by atoms with Crippen LogP contribution in [0.4, 0.5) is 0 Å². The fourth-order valence-corrected chi connectivity index (χ4v) is 3.01. The Kier molecular flexibility index (Phi) is 2.56. The molecular weight excluding hydrogens is 218 g/mol. The predicted octanol–water partition coefficient (Wildman–Crippen LogP) is 3.28. The van der Waals surface area contributed by atoms with Crippen molar-refractivity contribution in [2.75, 3.05) is 0 Å². The number of ether oxygens (including phenoxy) is 1. The molecule has 94 valence electrons. The van der Waals surface area contributed by atoms with E-state index in [4.69, 9.17) is 4.74 Å². The smallest absolute Gasteiger partial charge is 0.253 e. The second-order valence-corrected chi connectivity index (χ2v) is 5.72. The molecular formula is C13H19NO3. The van der Waals surface area contributed by atoms with Crippen molar-refractivity contribution in [1.29, 1.82) is 0 Å². The van der Waals surface area contributed by atoms with Gasteiger partial charge in [-0.25, -0.2) is 0 Å². The van der Waals surface area contributed by atoms with E-state index in [2.05, 4.69) is 0 Å². The van der Waals surface area contributed by atoms with Gasteiger partial charge in [0.15, 0.2) is 0 Å². The second kappa shape index (κ2) is 3.59. The minimum absolute atomic E-state index is 0.0644. The van der Waals surface area contributed by atoms with Crippen LogP contribution in [0.15, 0.2) is 22.6 Å². The topological polar surface area (TPSA) is 52.4 Å². The number of hydrogen-bond donors (Lipinski definition) is 0. The molecule has 0 spiro atoms. The van der Waals surface area contributed by atoms with Crippen LogP contribution in [0, 0.1) is 22.0 Å². The van der Waals surface area contributed by atoms with Crippen molar-refractivity contribution in [3.8, 4) is 0 Å². The molecule has 0 aromatic carbocycles. The maximum Gasteiger partial charge on any atom is 0.253 e. The first kappa shape index (κ1) is 12.1. The Morgan fingerprint density at radius 1 is 1.35 bits per heavy atom.